The predicted octanol–water partition coefficient (Wildman–Crippen LogP) is 0.544. The van der Waals surface area contributed by atoms with Gasteiger partial charge in [-0.15, -0.1) is 5.10 Å². The van der Waals surface area contributed by atoms with Crippen molar-refractivity contribution in [1.82, 2.24) is 29.9 Å². The summed E-state index contributed by atoms with van der Waals surface area (Å²) in [5.74, 6) is 0.754. The van der Waals surface area contributed by atoms with E-state index in [0.29, 0.717) is 0 Å². The van der Waals surface area contributed by atoms with Gasteiger partial charge in [-0.25, -0.2) is 9.67 Å². The van der Waals surface area contributed by atoms with Crippen LogP contribution in [-0.2, 0) is 11.3 Å². The van der Waals surface area contributed by atoms with E-state index >= 15 is 0 Å². The number of likely N-dealkylation sites (tertiary alicyclic amines) is 1. The summed E-state index contributed by atoms with van der Waals surface area (Å²) in [5.41, 5.74) is 1.60. The summed E-state index contributed by atoms with van der Waals surface area (Å²) in [5, 5.41) is 8.43. The van der Waals surface area contributed by atoms with Crippen LogP contribution >= 0.6 is 0 Å². The maximum absolute atomic E-state index is 5.39. The van der Waals surface area contributed by atoms with Crippen molar-refractivity contribution in [2.24, 2.45) is 0 Å². The van der Waals surface area contributed by atoms with Crippen LogP contribution in [-0.4, -0.2) is 75.8 Å². The highest BCUT2D eigenvalue weighted by Gasteiger charge is 2.16. The molecule has 2 aromatic heterocycles. The Bertz CT molecular complexity index is 646. The van der Waals surface area contributed by atoms with Gasteiger partial charge in [0.1, 0.15) is 0 Å². The molecule has 0 bridgehead atoms. The summed E-state index contributed by atoms with van der Waals surface area (Å²) in [6.07, 6.45) is 5.53. The van der Waals surface area contributed by atoms with Crippen LogP contribution in [0.5, 0.6) is 0 Å². The maximum Gasteiger partial charge on any atom is 0.227 e. The second kappa shape index (κ2) is 6.76. The van der Waals surface area contributed by atoms with Gasteiger partial charge in [0.25, 0.3) is 0 Å². The quantitative estimate of drug-likeness (QED) is 0.797. The Labute approximate surface area is 135 Å². The zero-order chi connectivity index (χ0) is 15.5. The van der Waals surface area contributed by atoms with Crippen molar-refractivity contribution in [2.45, 2.75) is 25.8 Å². The van der Waals surface area contributed by atoms with Crippen LogP contribution < -0.4 is 4.90 Å². The van der Waals surface area contributed by atoms with Gasteiger partial charge in [0.15, 0.2) is 11.2 Å². The van der Waals surface area contributed by atoms with Gasteiger partial charge in [-0.2, -0.15) is 4.98 Å². The van der Waals surface area contributed by atoms with Crippen LogP contribution in [0.25, 0.3) is 11.2 Å². The summed E-state index contributed by atoms with van der Waals surface area (Å²) < 4.78 is 7.30. The normalized spacial score (nSPS) is 19.7. The lowest BCUT2D eigenvalue weighted by molar-refractivity contribution is 0.122. The van der Waals surface area contributed by atoms with E-state index in [2.05, 4.69) is 25.1 Å². The fraction of sp³-hybridized carbons (Fsp3) is 0.733. The van der Waals surface area contributed by atoms with Crippen LogP contribution in [0.1, 0.15) is 19.3 Å². The molecule has 124 valence electrons. The highest BCUT2D eigenvalue weighted by molar-refractivity contribution is 5.69. The number of anilines is 1. The minimum atomic E-state index is 0.731. The molecule has 2 aliphatic rings. The number of hydrogen-bond donors (Lipinski definition) is 0. The van der Waals surface area contributed by atoms with E-state index in [1.165, 1.54) is 25.9 Å². The zero-order valence-corrected chi connectivity index (χ0v) is 13.4. The van der Waals surface area contributed by atoms with Crippen molar-refractivity contribution in [3.05, 3.63) is 6.20 Å². The van der Waals surface area contributed by atoms with E-state index < -0.39 is 0 Å². The van der Waals surface area contributed by atoms with Gasteiger partial charge in [0.2, 0.25) is 5.95 Å². The average molecular weight is 317 g/mol. The van der Waals surface area contributed by atoms with Crippen molar-refractivity contribution in [3.8, 4) is 0 Å². The summed E-state index contributed by atoms with van der Waals surface area (Å²) in [6, 6.07) is 0. The van der Waals surface area contributed by atoms with E-state index in [1.807, 2.05) is 4.68 Å². The number of ether oxygens (including phenoxy) is 1. The molecule has 2 aliphatic heterocycles. The van der Waals surface area contributed by atoms with Crippen molar-refractivity contribution < 1.29 is 4.74 Å². The van der Waals surface area contributed by atoms with Crippen LogP contribution in [0.4, 0.5) is 5.95 Å². The maximum atomic E-state index is 5.39. The fourth-order valence-corrected chi connectivity index (χ4v) is 3.28. The molecule has 4 rings (SSSR count). The highest BCUT2D eigenvalue weighted by atomic mass is 16.5. The number of morpholine rings is 1. The van der Waals surface area contributed by atoms with Crippen LogP contribution in [0.2, 0.25) is 0 Å². The van der Waals surface area contributed by atoms with Crippen LogP contribution in [0.15, 0.2) is 6.20 Å². The number of aryl methyl sites for hydroxylation is 1. The first-order chi connectivity index (χ1) is 11.4. The van der Waals surface area contributed by atoms with Crippen LogP contribution in [0, 0.1) is 0 Å². The molecular weight excluding hydrogens is 294 g/mol. The van der Waals surface area contributed by atoms with Crippen molar-refractivity contribution >= 4 is 17.1 Å². The summed E-state index contributed by atoms with van der Waals surface area (Å²) in [7, 11) is 0. The first-order valence-corrected chi connectivity index (χ1v) is 8.51. The lowest BCUT2D eigenvalue weighted by Gasteiger charge is -2.26. The first-order valence-electron chi connectivity index (χ1n) is 8.51. The topological polar surface area (TPSA) is 72.2 Å². The van der Waals surface area contributed by atoms with E-state index in [0.717, 1.165) is 62.9 Å². The number of nitrogens with zero attached hydrogens (tertiary/aromatic N) is 7. The molecule has 0 spiro atoms. The molecule has 2 fully saturated rings. The monoisotopic (exact) mass is 317 g/mol. The second-order valence-corrected chi connectivity index (χ2v) is 6.19. The Morgan fingerprint density at radius 3 is 2.70 bits per heavy atom. The third kappa shape index (κ3) is 3.28. The molecule has 2 saturated heterocycles. The summed E-state index contributed by atoms with van der Waals surface area (Å²) in [6.45, 7) is 7.59. The molecular formula is C15H23N7O. The molecule has 8 nitrogen and oxygen atoms in total. The van der Waals surface area contributed by atoms with Crippen LogP contribution in [0.3, 0.4) is 0 Å². The predicted molar refractivity (Wildman–Crippen MR) is 86.4 cm³/mol. The Morgan fingerprint density at radius 1 is 1.04 bits per heavy atom. The Morgan fingerprint density at radius 2 is 1.87 bits per heavy atom. The minimum absolute atomic E-state index is 0.731. The molecule has 2 aromatic rings. The molecule has 4 heterocycles. The molecule has 0 atom stereocenters. The molecule has 0 aliphatic carbocycles. The molecule has 0 saturated carbocycles. The summed E-state index contributed by atoms with van der Waals surface area (Å²) >= 11 is 0. The number of hydrogen-bond acceptors (Lipinski definition) is 7. The van der Waals surface area contributed by atoms with Crippen molar-refractivity contribution in [1.29, 1.82) is 0 Å². The van der Waals surface area contributed by atoms with E-state index in [4.69, 9.17) is 9.72 Å². The lowest BCUT2D eigenvalue weighted by atomic mass is 10.4. The molecule has 23 heavy (non-hydrogen) atoms. The van der Waals surface area contributed by atoms with Crippen molar-refractivity contribution in [2.75, 3.05) is 50.8 Å². The van der Waals surface area contributed by atoms with Gasteiger partial charge >= 0.3 is 0 Å². The molecule has 0 aromatic carbocycles. The molecule has 0 unspecified atom stereocenters. The largest absolute Gasteiger partial charge is 0.378 e. The molecule has 8 heteroatoms. The third-order valence-electron chi connectivity index (χ3n) is 4.58. The third-order valence-corrected chi connectivity index (χ3v) is 4.58. The van der Waals surface area contributed by atoms with Gasteiger partial charge in [-0.05, 0) is 38.9 Å². The van der Waals surface area contributed by atoms with E-state index in [9.17, 15) is 0 Å². The Balaban J connectivity index is 1.45. The number of aromatic nitrogens is 5. The van der Waals surface area contributed by atoms with Gasteiger partial charge in [0.05, 0.1) is 19.4 Å². The van der Waals surface area contributed by atoms with Gasteiger partial charge < -0.3 is 14.5 Å². The molecule has 0 N–H and O–H groups in total. The van der Waals surface area contributed by atoms with Crippen molar-refractivity contribution in [3.63, 3.8) is 0 Å². The van der Waals surface area contributed by atoms with Gasteiger partial charge in [0, 0.05) is 19.6 Å². The summed E-state index contributed by atoms with van der Waals surface area (Å²) in [4.78, 5) is 13.8. The zero-order valence-electron chi connectivity index (χ0n) is 13.4. The average Bonchev–Trinajstić information content (AvgIpc) is 3.25. The smallest absolute Gasteiger partial charge is 0.227 e. The standard InChI is InChI=1S/C15H23N7O/c1-2-5-20(4-1)6-3-7-22-14-13(18-19-22)12-16-15(17-14)21-8-10-23-11-9-21/h12H,1-11H2. The second-order valence-electron chi connectivity index (χ2n) is 6.19. The highest BCUT2D eigenvalue weighted by Crippen LogP contribution is 2.15. The number of fused-ring (bicyclic) bond motifs is 1. The fourth-order valence-electron chi connectivity index (χ4n) is 3.28. The van der Waals surface area contributed by atoms with E-state index in [1.54, 1.807) is 6.20 Å². The number of rotatable bonds is 5. The lowest BCUT2D eigenvalue weighted by Crippen LogP contribution is -2.37. The van der Waals surface area contributed by atoms with E-state index in [-0.39, 0.29) is 0 Å². The van der Waals surface area contributed by atoms with Gasteiger partial charge in [-0.1, -0.05) is 5.21 Å². The SMILES string of the molecule is c1nc(N2CCOCC2)nc2c1nnn2CCCN1CCCC1. The minimum Gasteiger partial charge on any atom is -0.378 e. The first kappa shape index (κ1) is 14.8. The molecule has 0 radical (unpaired) electrons. The Kier molecular flexibility index (Phi) is 4.34. The molecule has 0 amide bonds. The Hall–Kier alpha value is -1.80. The van der Waals surface area contributed by atoms with Gasteiger partial charge in [-0.3, -0.25) is 0 Å².